The number of aromatic nitrogens is 3. The standard InChI is InChI=1S/C17H20N4O/c1-11-15-16(20-19-11)13-6-2-3-7-14(13)21(17(15)22)10-8-12-5-4-9-18-12/h2-3,6-7,12,18H,4-5,8-10H2,1H3,(H,19,20). The quantitative estimate of drug-likeness (QED) is 0.779. The van der Waals surface area contributed by atoms with Gasteiger partial charge < -0.3 is 9.88 Å². The Kier molecular flexibility index (Phi) is 3.22. The minimum absolute atomic E-state index is 0.0675. The molecule has 3 heterocycles. The van der Waals surface area contributed by atoms with Crippen LogP contribution in [0.15, 0.2) is 29.1 Å². The second kappa shape index (κ2) is 5.25. The van der Waals surface area contributed by atoms with Crippen molar-refractivity contribution in [3.8, 4) is 0 Å². The number of benzene rings is 1. The molecule has 1 aromatic carbocycles. The van der Waals surface area contributed by atoms with E-state index in [1.165, 1.54) is 12.8 Å². The Morgan fingerprint density at radius 2 is 2.23 bits per heavy atom. The van der Waals surface area contributed by atoms with Crippen LogP contribution >= 0.6 is 0 Å². The molecule has 5 nitrogen and oxygen atoms in total. The Hall–Kier alpha value is -2.14. The van der Waals surface area contributed by atoms with Gasteiger partial charge in [-0.05, 0) is 38.8 Å². The van der Waals surface area contributed by atoms with E-state index in [0.717, 1.165) is 47.0 Å². The Labute approximate surface area is 128 Å². The highest BCUT2D eigenvalue weighted by atomic mass is 16.1. The number of aromatic amines is 1. The summed E-state index contributed by atoms with van der Waals surface area (Å²) in [5.41, 5.74) is 2.68. The molecule has 1 unspecified atom stereocenters. The van der Waals surface area contributed by atoms with Crippen LogP contribution in [0.5, 0.6) is 0 Å². The summed E-state index contributed by atoms with van der Waals surface area (Å²) in [5.74, 6) is 0. The van der Waals surface area contributed by atoms with E-state index in [9.17, 15) is 4.79 Å². The van der Waals surface area contributed by atoms with Crippen molar-refractivity contribution in [2.45, 2.75) is 38.8 Å². The van der Waals surface area contributed by atoms with Gasteiger partial charge in [-0.2, -0.15) is 5.10 Å². The van der Waals surface area contributed by atoms with E-state index in [4.69, 9.17) is 0 Å². The van der Waals surface area contributed by atoms with Crippen molar-refractivity contribution in [1.82, 2.24) is 20.1 Å². The molecule has 1 aliphatic heterocycles. The average Bonchev–Trinajstić information content (AvgIpc) is 3.17. The van der Waals surface area contributed by atoms with E-state index in [1.54, 1.807) is 0 Å². The maximum atomic E-state index is 12.9. The smallest absolute Gasteiger partial charge is 0.262 e. The van der Waals surface area contributed by atoms with Crippen LogP contribution in [0.4, 0.5) is 0 Å². The van der Waals surface area contributed by atoms with Crippen LogP contribution in [0.25, 0.3) is 21.8 Å². The third-order valence-electron chi connectivity index (χ3n) is 4.72. The minimum atomic E-state index is 0.0675. The molecule has 0 saturated carbocycles. The lowest BCUT2D eigenvalue weighted by Crippen LogP contribution is -2.27. The van der Waals surface area contributed by atoms with Crippen molar-refractivity contribution < 1.29 is 0 Å². The number of aryl methyl sites for hydroxylation is 2. The third kappa shape index (κ3) is 2.04. The highest BCUT2D eigenvalue weighted by Gasteiger charge is 2.17. The van der Waals surface area contributed by atoms with Crippen LogP contribution in [0, 0.1) is 6.92 Å². The molecule has 3 aromatic rings. The van der Waals surface area contributed by atoms with Crippen molar-refractivity contribution >= 4 is 21.8 Å². The van der Waals surface area contributed by atoms with Gasteiger partial charge in [0.2, 0.25) is 0 Å². The van der Waals surface area contributed by atoms with Crippen LogP contribution in [0.1, 0.15) is 25.0 Å². The molecule has 1 aliphatic rings. The lowest BCUT2D eigenvalue weighted by molar-refractivity contribution is 0.506. The molecular formula is C17H20N4O. The normalized spacial score (nSPS) is 18.5. The van der Waals surface area contributed by atoms with Crippen molar-refractivity contribution in [1.29, 1.82) is 0 Å². The maximum Gasteiger partial charge on any atom is 0.262 e. The number of rotatable bonds is 3. The van der Waals surface area contributed by atoms with Crippen molar-refractivity contribution in [2.75, 3.05) is 6.54 Å². The number of fused-ring (bicyclic) bond motifs is 3. The maximum absolute atomic E-state index is 12.9. The van der Waals surface area contributed by atoms with Gasteiger partial charge in [-0.3, -0.25) is 9.89 Å². The Bertz CT molecular complexity index is 887. The van der Waals surface area contributed by atoms with E-state index in [1.807, 2.05) is 35.8 Å². The number of pyridine rings is 1. The fourth-order valence-electron chi connectivity index (χ4n) is 3.55. The summed E-state index contributed by atoms with van der Waals surface area (Å²) in [7, 11) is 0. The van der Waals surface area contributed by atoms with Crippen molar-refractivity contribution in [2.24, 2.45) is 0 Å². The largest absolute Gasteiger partial charge is 0.314 e. The summed E-state index contributed by atoms with van der Waals surface area (Å²) in [5, 5.41) is 12.6. The van der Waals surface area contributed by atoms with Crippen LogP contribution in [-0.2, 0) is 6.54 Å². The molecule has 0 radical (unpaired) electrons. The predicted octanol–water partition coefficient (Wildman–Crippen LogP) is 2.33. The molecule has 114 valence electrons. The Morgan fingerprint density at radius 1 is 1.36 bits per heavy atom. The van der Waals surface area contributed by atoms with Gasteiger partial charge in [-0.15, -0.1) is 0 Å². The summed E-state index contributed by atoms with van der Waals surface area (Å²) in [4.78, 5) is 12.9. The molecule has 1 atom stereocenters. The molecule has 1 saturated heterocycles. The highest BCUT2D eigenvalue weighted by molar-refractivity contribution is 6.03. The average molecular weight is 296 g/mol. The van der Waals surface area contributed by atoms with E-state index in [-0.39, 0.29) is 5.56 Å². The third-order valence-corrected chi connectivity index (χ3v) is 4.72. The molecule has 0 amide bonds. The van der Waals surface area contributed by atoms with Crippen LogP contribution in [0.3, 0.4) is 0 Å². The van der Waals surface area contributed by atoms with Crippen molar-refractivity contribution in [3.63, 3.8) is 0 Å². The van der Waals surface area contributed by atoms with Crippen LogP contribution < -0.4 is 10.9 Å². The first-order valence-electron chi connectivity index (χ1n) is 7.95. The van der Waals surface area contributed by atoms with E-state index < -0.39 is 0 Å². The number of para-hydroxylation sites is 1. The van der Waals surface area contributed by atoms with E-state index >= 15 is 0 Å². The molecule has 4 rings (SSSR count). The number of H-pyrrole nitrogens is 1. The SMILES string of the molecule is Cc1[nH]nc2c1c(=O)n(CCC1CCCN1)c1ccccc21. The summed E-state index contributed by atoms with van der Waals surface area (Å²) < 4.78 is 1.92. The van der Waals surface area contributed by atoms with Crippen LogP contribution in [-0.4, -0.2) is 27.4 Å². The number of hydrogen-bond donors (Lipinski definition) is 2. The number of nitrogens with zero attached hydrogens (tertiary/aromatic N) is 2. The second-order valence-electron chi connectivity index (χ2n) is 6.13. The van der Waals surface area contributed by atoms with Gasteiger partial charge in [0.05, 0.1) is 10.9 Å². The molecule has 22 heavy (non-hydrogen) atoms. The highest BCUT2D eigenvalue weighted by Crippen LogP contribution is 2.23. The first-order valence-corrected chi connectivity index (χ1v) is 7.95. The van der Waals surface area contributed by atoms with E-state index in [0.29, 0.717) is 6.04 Å². The molecule has 2 aromatic heterocycles. The van der Waals surface area contributed by atoms with E-state index in [2.05, 4.69) is 15.5 Å². The second-order valence-corrected chi connectivity index (χ2v) is 6.13. The fourth-order valence-corrected chi connectivity index (χ4v) is 3.55. The molecule has 0 spiro atoms. The van der Waals surface area contributed by atoms with Gasteiger partial charge in [0.1, 0.15) is 5.52 Å². The molecule has 0 bridgehead atoms. The zero-order valence-electron chi connectivity index (χ0n) is 12.7. The number of nitrogens with one attached hydrogen (secondary N) is 2. The van der Waals surface area contributed by atoms with Crippen molar-refractivity contribution in [3.05, 3.63) is 40.3 Å². The predicted molar refractivity (Wildman–Crippen MR) is 88.2 cm³/mol. The first-order chi connectivity index (χ1) is 10.8. The summed E-state index contributed by atoms with van der Waals surface area (Å²) in [6, 6.07) is 8.58. The van der Waals surface area contributed by atoms with Gasteiger partial charge in [-0.25, -0.2) is 0 Å². The lowest BCUT2D eigenvalue weighted by Gasteiger charge is -2.14. The molecule has 5 heteroatoms. The zero-order valence-corrected chi connectivity index (χ0v) is 12.7. The Balaban J connectivity index is 1.88. The molecule has 2 N–H and O–H groups in total. The van der Waals surface area contributed by atoms with Crippen LogP contribution in [0.2, 0.25) is 0 Å². The van der Waals surface area contributed by atoms with Gasteiger partial charge in [0.25, 0.3) is 5.56 Å². The fraction of sp³-hybridized carbons (Fsp3) is 0.412. The lowest BCUT2D eigenvalue weighted by atomic mass is 10.1. The van der Waals surface area contributed by atoms with Gasteiger partial charge in [0, 0.05) is 23.7 Å². The molecule has 1 fully saturated rings. The molecular weight excluding hydrogens is 276 g/mol. The topological polar surface area (TPSA) is 62.7 Å². The summed E-state index contributed by atoms with van der Waals surface area (Å²) >= 11 is 0. The summed E-state index contributed by atoms with van der Waals surface area (Å²) in [6.07, 6.45) is 3.44. The first kappa shape index (κ1) is 13.5. The van der Waals surface area contributed by atoms with Gasteiger partial charge >= 0.3 is 0 Å². The van der Waals surface area contributed by atoms with Gasteiger partial charge in [0.15, 0.2) is 0 Å². The monoisotopic (exact) mass is 296 g/mol. The van der Waals surface area contributed by atoms with Gasteiger partial charge in [-0.1, -0.05) is 18.2 Å². The zero-order chi connectivity index (χ0) is 15.1. The molecule has 0 aliphatic carbocycles. The summed E-state index contributed by atoms with van der Waals surface area (Å²) in [6.45, 7) is 3.76. The Morgan fingerprint density at radius 3 is 3.05 bits per heavy atom. The number of hydrogen-bond acceptors (Lipinski definition) is 3. The minimum Gasteiger partial charge on any atom is -0.314 e.